The van der Waals surface area contributed by atoms with Gasteiger partial charge in [0.25, 0.3) is 11.1 Å². The average Bonchev–Trinajstić information content (AvgIpc) is 3.30. The van der Waals surface area contributed by atoms with Gasteiger partial charge in [-0.25, -0.2) is 9.97 Å². The summed E-state index contributed by atoms with van der Waals surface area (Å²) in [6.07, 6.45) is 3.32. The molecule has 0 atom stereocenters. The molecule has 3 aromatic rings. The zero-order chi connectivity index (χ0) is 19.9. The Balaban J connectivity index is 1.73. The first-order chi connectivity index (χ1) is 13.6. The predicted octanol–water partition coefficient (Wildman–Crippen LogP) is 1.83. The van der Waals surface area contributed by atoms with Gasteiger partial charge >= 0.3 is 0 Å². The summed E-state index contributed by atoms with van der Waals surface area (Å²) in [6, 6.07) is 0. The van der Waals surface area contributed by atoms with Crippen molar-refractivity contribution < 1.29 is 4.42 Å². The summed E-state index contributed by atoms with van der Waals surface area (Å²) in [7, 11) is 0. The Hall–Kier alpha value is -3.15. The first-order valence-electron chi connectivity index (χ1n) is 8.74. The number of guanidine groups is 1. The number of nitrogens with zero attached hydrogens (tertiary/aromatic N) is 6. The molecule has 0 bridgehead atoms. The third-order valence-electron chi connectivity index (χ3n) is 3.54. The largest absolute Gasteiger partial charge is 0.411 e. The maximum absolute atomic E-state index is 5.78. The van der Waals surface area contributed by atoms with Crippen molar-refractivity contribution in [3.05, 3.63) is 23.8 Å². The van der Waals surface area contributed by atoms with Gasteiger partial charge in [0.2, 0.25) is 0 Å². The van der Waals surface area contributed by atoms with E-state index in [-0.39, 0.29) is 0 Å². The minimum absolute atomic E-state index is 0.316. The Labute approximate surface area is 166 Å². The van der Waals surface area contributed by atoms with Crippen LogP contribution in [0.4, 0.5) is 11.6 Å². The van der Waals surface area contributed by atoms with Crippen LogP contribution in [0.2, 0.25) is 0 Å². The van der Waals surface area contributed by atoms with Gasteiger partial charge in [0.15, 0.2) is 5.96 Å². The predicted molar refractivity (Wildman–Crippen MR) is 108 cm³/mol. The number of nitrogen functional groups attached to an aromatic ring is 1. The fourth-order valence-corrected chi connectivity index (χ4v) is 3.00. The third kappa shape index (κ3) is 4.76. The van der Waals surface area contributed by atoms with Crippen LogP contribution in [0.3, 0.4) is 0 Å². The van der Waals surface area contributed by atoms with Crippen molar-refractivity contribution in [1.82, 2.24) is 35.7 Å². The van der Waals surface area contributed by atoms with E-state index in [9.17, 15) is 0 Å². The van der Waals surface area contributed by atoms with E-state index in [1.165, 1.54) is 11.8 Å². The van der Waals surface area contributed by atoms with Crippen LogP contribution in [-0.2, 0) is 5.75 Å². The number of H-pyrrole nitrogens is 1. The lowest BCUT2D eigenvalue weighted by atomic mass is 10.3. The fraction of sp³-hybridized carbons (Fsp3) is 0.375. The first-order valence-corrected chi connectivity index (χ1v) is 9.72. The molecule has 0 amide bonds. The van der Waals surface area contributed by atoms with Crippen LogP contribution >= 0.6 is 11.8 Å². The second-order valence-electron chi connectivity index (χ2n) is 5.63. The zero-order valence-electron chi connectivity index (χ0n) is 15.9. The number of aliphatic imine (C=N–C) groups is 1. The van der Waals surface area contributed by atoms with Gasteiger partial charge in [-0.15, -0.1) is 10.2 Å². The molecule has 0 aromatic carbocycles. The van der Waals surface area contributed by atoms with E-state index in [1.807, 2.05) is 20.8 Å². The zero-order valence-corrected chi connectivity index (χ0v) is 16.7. The number of nitrogens with two attached hydrogens (primary N) is 1. The molecular weight excluding hydrogens is 380 g/mol. The van der Waals surface area contributed by atoms with Crippen LogP contribution in [0.25, 0.3) is 11.5 Å². The first kappa shape index (κ1) is 19.6. The molecule has 0 aliphatic carbocycles. The maximum Gasteiger partial charge on any atom is 0.277 e. The lowest BCUT2D eigenvalue weighted by molar-refractivity contribution is 0.466. The lowest BCUT2D eigenvalue weighted by Crippen LogP contribution is -2.31. The molecule has 0 radical (unpaired) electrons. The van der Waals surface area contributed by atoms with Crippen LogP contribution in [0.1, 0.15) is 25.2 Å². The topological polar surface area (TPSA) is 156 Å². The minimum Gasteiger partial charge on any atom is -0.411 e. The van der Waals surface area contributed by atoms with Crippen molar-refractivity contribution in [2.75, 3.05) is 24.1 Å². The summed E-state index contributed by atoms with van der Waals surface area (Å²) in [5, 5.41) is 21.4. The van der Waals surface area contributed by atoms with E-state index >= 15 is 0 Å². The molecule has 0 aliphatic rings. The Kier molecular flexibility index (Phi) is 6.42. The molecule has 28 heavy (non-hydrogen) atoms. The van der Waals surface area contributed by atoms with Gasteiger partial charge in [-0.1, -0.05) is 11.8 Å². The van der Waals surface area contributed by atoms with Crippen molar-refractivity contribution in [2.24, 2.45) is 4.99 Å². The summed E-state index contributed by atoms with van der Waals surface area (Å²) >= 11 is 1.38. The van der Waals surface area contributed by atoms with E-state index in [1.54, 1.807) is 12.4 Å². The normalized spacial score (nSPS) is 11.6. The smallest absolute Gasteiger partial charge is 0.277 e. The van der Waals surface area contributed by atoms with Crippen LogP contribution < -0.4 is 16.4 Å². The molecule has 3 heterocycles. The van der Waals surface area contributed by atoms with Gasteiger partial charge in [0.05, 0.1) is 6.20 Å². The fourth-order valence-electron chi connectivity index (χ4n) is 2.27. The Morgan fingerprint density at radius 3 is 2.89 bits per heavy atom. The Morgan fingerprint density at radius 1 is 1.32 bits per heavy atom. The van der Waals surface area contributed by atoms with Crippen molar-refractivity contribution in [3.63, 3.8) is 0 Å². The van der Waals surface area contributed by atoms with Crippen LogP contribution in [-0.4, -0.2) is 49.4 Å². The number of thioether (sulfide) groups is 1. The molecule has 148 valence electrons. The summed E-state index contributed by atoms with van der Waals surface area (Å²) in [6.45, 7) is 7.23. The highest BCUT2D eigenvalue weighted by Crippen LogP contribution is 2.28. The Bertz CT molecular complexity index is 951. The van der Waals surface area contributed by atoms with Gasteiger partial charge < -0.3 is 20.8 Å². The SMILES string of the molecule is CCN=C(NCC)Nc1nc(C)ncc1CSc1nnc(-c2cn[nH]c2N)o1. The molecule has 5 N–H and O–H groups in total. The number of aromatic amines is 1. The number of aromatic nitrogens is 6. The Morgan fingerprint density at radius 2 is 2.18 bits per heavy atom. The second kappa shape index (κ2) is 9.17. The number of anilines is 2. The number of hydrogen-bond acceptors (Lipinski definition) is 9. The summed E-state index contributed by atoms with van der Waals surface area (Å²) in [4.78, 5) is 13.2. The van der Waals surface area contributed by atoms with Crippen molar-refractivity contribution in [1.29, 1.82) is 0 Å². The number of rotatable bonds is 7. The van der Waals surface area contributed by atoms with E-state index in [0.717, 1.165) is 12.1 Å². The molecule has 12 heteroatoms. The van der Waals surface area contributed by atoms with E-state index in [2.05, 4.69) is 46.0 Å². The number of aryl methyl sites for hydroxylation is 1. The van der Waals surface area contributed by atoms with Gasteiger partial charge in [0, 0.05) is 30.6 Å². The molecule has 0 fully saturated rings. The monoisotopic (exact) mass is 402 g/mol. The van der Waals surface area contributed by atoms with Crippen LogP contribution in [0.15, 0.2) is 27.0 Å². The highest BCUT2D eigenvalue weighted by atomic mass is 32.2. The molecule has 0 aliphatic heterocycles. The van der Waals surface area contributed by atoms with Gasteiger partial charge in [-0.2, -0.15) is 5.10 Å². The van der Waals surface area contributed by atoms with E-state index in [4.69, 9.17) is 10.2 Å². The second-order valence-corrected chi connectivity index (χ2v) is 6.56. The van der Waals surface area contributed by atoms with Crippen LogP contribution in [0.5, 0.6) is 0 Å². The number of hydrogen-bond donors (Lipinski definition) is 4. The van der Waals surface area contributed by atoms with Gasteiger partial charge in [0.1, 0.15) is 23.0 Å². The number of nitrogens with one attached hydrogen (secondary N) is 3. The molecule has 0 saturated heterocycles. The van der Waals surface area contributed by atoms with E-state index < -0.39 is 0 Å². The highest BCUT2D eigenvalue weighted by Gasteiger charge is 2.15. The highest BCUT2D eigenvalue weighted by molar-refractivity contribution is 7.98. The summed E-state index contributed by atoms with van der Waals surface area (Å²) in [5.41, 5.74) is 7.25. The van der Waals surface area contributed by atoms with Crippen molar-refractivity contribution in [3.8, 4) is 11.5 Å². The van der Waals surface area contributed by atoms with Crippen molar-refractivity contribution in [2.45, 2.75) is 31.7 Å². The molecule has 0 saturated carbocycles. The molecule has 0 spiro atoms. The third-order valence-corrected chi connectivity index (χ3v) is 4.41. The quantitative estimate of drug-likeness (QED) is 0.261. The summed E-state index contributed by atoms with van der Waals surface area (Å²) in [5.74, 6) is 3.26. The standard InChI is InChI=1S/C16H22N10OS/c1-4-18-15(19-5-2)23-13-10(6-20-9(3)22-13)8-28-16-26-25-14(27-16)11-7-21-24-12(11)17/h6-7H,4-5,8H2,1-3H3,(H3,17,21,24)(H2,18,19,20,22,23). The minimum atomic E-state index is 0.316. The maximum atomic E-state index is 5.78. The van der Waals surface area contributed by atoms with Gasteiger partial charge in [-0.05, 0) is 20.8 Å². The lowest BCUT2D eigenvalue weighted by Gasteiger charge is -2.13. The summed E-state index contributed by atoms with van der Waals surface area (Å²) < 4.78 is 5.66. The average molecular weight is 402 g/mol. The molecular formula is C16H22N10OS. The van der Waals surface area contributed by atoms with Gasteiger partial charge in [-0.3, -0.25) is 10.1 Å². The van der Waals surface area contributed by atoms with Crippen molar-refractivity contribution >= 4 is 29.4 Å². The molecule has 3 aromatic heterocycles. The van der Waals surface area contributed by atoms with Crippen LogP contribution in [0, 0.1) is 6.92 Å². The van der Waals surface area contributed by atoms with E-state index in [0.29, 0.717) is 52.4 Å². The molecule has 0 unspecified atom stereocenters. The molecule has 11 nitrogen and oxygen atoms in total. The molecule has 3 rings (SSSR count).